The Balaban J connectivity index is 3.25. The van der Waals surface area contributed by atoms with Gasteiger partial charge in [-0.2, -0.15) is 8.42 Å². The van der Waals surface area contributed by atoms with Crippen LogP contribution in [0.3, 0.4) is 0 Å². The molecule has 1 atom stereocenters. The van der Waals surface area contributed by atoms with E-state index in [-0.39, 0.29) is 4.90 Å². The second-order valence-electron chi connectivity index (χ2n) is 2.53. The van der Waals surface area contributed by atoms with E-state index in [0.29, 0.717) is 0 Å². The van der Waals surface area contributed by atoms with E-state index in [2.05, 4.69) is 0 Å². The maximum Gasteiger partial charge on any atom is 0.642 e. The lowest BCUT2D eigenvalue weighted by Crippen LogP contribution is -1.93. The molecule has 0 saturated carbocycles. The number of hydrogen-bond acceptors (Lipinski definition) is 3. The third-order valence-electron chi connectivity index (χ3n) is 1.52. The van der Waals surface area contributed by atoms with Gasteiger partial charge >= 0.3 is 16.7 Å². The molecule has 0 aliphatic rings. The van der Waals surface area contributed by atoms with Crippen molar-refractivity contribution in [3.05, 3.63) is 29.8 Å². The van der Waals surface area contributed by atoms with Gasteiger partial charge in [-0.15, -0.1) is 4.89 Å². The van der Waals surface area contributed by atoms with Crippen LogP contribution in [0.5, 0.6) is 0 Å². The van der Waals surface area contributed by atoms with E-state index in [4.69, 9.17) is 4.89 Å². The lowest BCUT2D eigenvalue weighted by atomic mass is 10.2. The molecule has 13 heavy (non-hydrogen) atoms. The first-order valence-electron chi connectivity index (χ1n) is 3.42. The normalized spacial score (nSPS) is 12.6. The highest BCUT2D eigenvalue weighted by molar-refractivity contribution is 8.44. The lowest BCUT2D eigenvalue weighted by Gasteiger charge is -1.92. The molecule has 0 fully saturated rings. The van der Waals surface area contributed by atoms with Crippen molar-refractivity contribution in [2.45, 2.75) is 11.8 Å². The Labute approximate surface area is 76.8 Å². The van der Waals surface area contributed by atoms with Crippen LogP contribution in [0.15, 0.2) is 29.2 Å². The molecule has 0 aliphatic heterocycles. The van der Waals surface area contributed by atoms with Crippen LogP contribution in [0.1, 0.15) is 5.56 Å². The van der Waals surface area contributed by atoms with Crippen LogP contribution in [0.4, 0.5) is 0 Å². The quantitative estimate of drug-likeness (QED) is 0.763. The third-order valence-corrected chi connectivity index (χ3v) is 4.67. The largest absolute Gasteiger partial charge is 0.642 e. The second-order valence-corrected chi connectivity index (χ2v) is 6.80. The van der Waals surface area contributed by atoms with Gasteiger partial charge in [0.05, 0.1) is 0 Å². The van der Waals surface area contributed by atoms with Gasteiger partial charge in [-0.1, -0.05) is 17.7 Å². The maximum absolute atomic E-state index is 11.1. The average molecular weight is 219 g/mol. The van der Waals surface area contributed by atoms with Gasteiger partial charge in [0.2, 0.25) is 0 Å². The van der Waals surface area contributed by atoms with Crippen molar-refractivity contribution in [2.75, 3.05) is 0 Å². The fraction of sp³-hybridized carbons (Fsp3) is 0.143. The molecule has 1 unspecified atom stereocenters. The van der Waals surface area contributed by atoms with Crippen LogP contribution in [0.25, 0.3) is 0 Å². The molecule has 1 aromatic carbocycles. The molecule has 1 rings (SSSR count). The van der Waals surface area contributed by atoms with Crippen molar-refractivity contribution >= 4 is 16.7 Å². The van der Waals surface area contributed by atoms with Crippen molar-refractivity contribution in [1.82, 2.24) is 0 Å². The molecule has 1 N–H and O–H groups in total. The molecular weight excluding hydrogens is 211 g/mol. The molecule has 0 spiro atoms. The van der Waals surface area contributed by atoms with Gasteiger partial charge in [-0.05, 0) is 23.6 Å². The Kier molecular flexibility index (Phi) is 2.81. The molecule has 4 nitrogen and oxygen atoms in total. The van der Waals surface area contributed by atoms with E-state index in [1.54, 1.807) is 19.1 Å². The molecule has 70 valence electrons. The summed E-state index contributed by atoms with van der Waals surface area (Å²) in [6.07, 6.45) is 0. The Hall–Kier alpha value is -0.770. The van der Waals surface area contributed by atoms with E-state index < -0.39 is 16.7 Å². The van der Waals surface area contributed by atoms with Crippen LogP contribution < -0.4 is 0 Å². The van der Waals surface area contributed by atoms with Crippen molar-refractivity contribution in [3.63, 3.8) is 0 Å². The van der Waals surface area contributed by atoms with Crippen molar-refractivity contribution < 1.29 is 17.9 Å². The van der Waals surface area contributed by atoms with Gasteiger partial charge in [0.1, 0.15) is 4.90 Å². The molecule has 0 bridgehead atoms. The molecule has 0 aromatic heterocycles. The first-order chi connectivity index (χ1) is 5.94. The summed E-state index contributed by atoms with van der Waals surface area (Å²) in [5.41, 5.74) is 0.895. The summed E-state index contributed by atoms with van der Waals surface area (Å²) in [5, 5.41) is 0. The maximum atomic E-state index is 11.1. The minimum Gasteiger partial charge on any atom is -0.171 e. The van der Waals surface area contributed by atoms with E-state index in [1.165, 1.54) is 12.1 Å². The summed E-state index contributed by atoms with van der Waals surface area (Å²) in [5.74, 6) is 0. The first kappa shape index (κ1) is 10.3. The summed E-state index contributed by atoms with van der Waals surface area (Å²) in [4.78, 5) is 8.40. The zero-order chi connectivity index (χ0) is 10.1. The highest BCUT2D eigenvalue weighted by Gasteiger charge is 2.36. The monoisotopic (exact) mass is 219 g/mol. The average Bonchev–Trinajstić information content (AvgIpc) is 2.04. The number of aryl methyl sites for hydroxylation is 1. The SMILES string of the molecule is Cc1ccc(S(=O)(=O)[P+](=O)O)cc1. The van der Waals surface area contributed by atoms with Gasteiger partial charge in [0.15, 0.2) is 0 Å². The van der Waals surface area contributed by atoms with Crippen molar-refractivity contribution in [3.8, 4) is 0 Å². The highest BCUT2D eigenvalue weighted by Crippen LogP contribution is 2.31. The van der Waals surface area contributed by atoms with Crippen LogP contribution in [0.2, 0.25) is 0 Å². The first-order valence-corrected chi connectivity index (χ1v) is 6.72. The Morgan fingerprint density at radius 3 is 2.08 bits per heavy atom. The summed E-state index contributed by atoms with van der Waals surface area (Å²) >= 11 is 0. The van der Waals surface area contributed by atoms with Crippen molar-refractivity contribution in [2.24, 2.45) is 0 Å². The molecule has 0 amide bonds. The zero-order valence-corrected chi connectivity index (χ0v) is 8.55. The number of benzene rings is 1. The minimum absolute atomic E-state index is 0.123. The second kappa shape index (κ2) is 3.54. The van der Waals surface area contributed by atoms with E-state index in [0.717, 1.165) is 5.56 Å². The molecule has 0 radical (unpaired) electrons. The van der Waals surface area contributed by atoms with E-state index in [1.807, 2.05) is 0 Å². The summed E-state index contributed by atoms with van der Waals surface area (Å²) in [7, 11) is -7.24. The molecule has 0 aliphatic carbocycles. The number of rotatable bonds is 2. The molecule has 6 heteroatoms. The van der Waals surface area contributed by atoms with Crippen LogP contribution in [-0.2, 0) is 14.0 Å². The van der Waals surface area contributed by atoms with Crippen LogP contribution >= 0.6 is 7.23 Å². The molecule has 0 heterocycles. The summed E-state index contributed by atoms with van der Waals surface area (Å²) < 4.78 is 32.7. The van der Waals surface area contributed by atoms with Gasteiger partial charge in [0, 0.05) is 0 Å². The van der Waals surface area contributed by atoms with E-state index in [9.17, 15) is 13.0 Å². The lowest BCUT2D eigenvalue weighted by molar-refractivity contribution is 0.510. The van der Waals surface area contributed by atoms with Gasteiger partial charge in [-0.25, -0.2) is 0 Å². The Morgan fingerprint density at radius 1 is 1.23 bits per heavy atom. The predicted molar refractivity (Wildman–Crippen MR) is 48.2 cm³/mol. The van der Waals surface area contributed by atoms with Crippen LogP contribution in [0, 0.1) is 6.92 Å². The fourth-order valence-electron chi connectivity index (χ4n) is 0.800. The topological polar surface area (TPSA) is 71.4 Å². The molecular formula is C7H8O4PS+. The fourth-order valence-corrected chi connectivity index (χ4v) is 2.37. The smallest absolute Gasteiger partial charge is 0.171 e. The third kappa shape index (κ3) is 2.12. The Bertz CT molecular complexity index is 420. The minimum atomic E-state index is -4.03. The van der Waals surface area contributed by atoms with Gasteiger partial charge in [0.25, 0.3) is 0 Å². The standard InChI is InChI=1S/C7H7O4PS/c1-6-2-4-7(5-3-6)13(10,11)12(8)9/h2-5H,1H3/p+1. The molecule has 0 saturated heterocycles. The van der Waals surface area contributed by atoms with Gasteiger partial charge in [-0.3, -0.25) is 0 Å². The Morgan fingerprint density at radius 2 is 1.69 bits per heavy atom. The highest BCUT2D eigenvalue weighted by atomic mass is 32.8. The zero-order valence-electron chi connectivity index (χ0n) is 6.84. The summed E-state index contributed by atoms with van der Waals surface area (Å²) in [6, 6.07) is 5.78. The van der Waals surface area contributed by atoms with Crippen molar-refractivity contribution in [1.29, 1.82) is 0 Å². The summed E-state index contributed by atoms with van der Waals surface area (Å²) in [6.45, 7) is 1.80. The van der Waals surface area contributed by atoms with E-state index >= 15 is 0 Å². The van der Waals surface area contributed by atoms with Crippen LogP contribution in [-0.4, -0.2) is 13.3 Å². The predicted octanol–water partition coefficient (Wildman–Crippen LogP) is 1.42. The van der Waals surface area contributed by atoms with Gasteiger partial charge < -0.3 is 0 Å². The number of hydrogen-bond donors (Lipinski definition) is 1. The molecule has 1 aromatic rings.